The number of primary amides is 1. The second kappa shape index (κ2) is 10.4. The molecular formula is C29H38N4O8. The number of aliphatic hydroxyl groups excluding tert-OH is 2. The highest BCUT2D eigenvalue weighted by atomic mass is 16.5. The topological polar surface area (TPSA) is 186 Å². The summed E-state index contributed by atoms with van der Waals surface area (Å²) >= 11 is 0. The molecule has 1 aliphatic heterocycles. The molecule has 5 atom stereocenters. The summed E-state index contributed by atoms with van der Waals surface area (Å²) in [4.78, 5) is 43.0. The van der Waals surface area contributed by atoms with E-state index in [1.54, 1.807) is 14.1 Å². The fraction of sp³-hybridized carbons (Fsp3) is 0.552. The Kier molecular flexibility index (Phi) is 7.39. The molecule has 12 nitrogen and oxygen atoms in total. The molecule has 41 heavy (non-hydrogen) atoms. The molecule has 1 heterocycles. The molecule has 222 valence electrons. The van der Waals surface area contributed by atoms with Crippen LogP contribution in [0.4, 0.5) is 5.69 Å². The van der Waals surface area contributed by atoms with E-state index < -0.39 is 58.0 Å². The van der Waals surface area contributed by atoms with Crippen molar-refractivity contribution in [3.8, 4) is 5.75 Å². The minimum absolute atomic E-state index is 0.00225. The molecule has 0 aromatic heterocycles. The van der Waals surface area contributed by atoms with Crippen LogP contribution in [0.25, 0.3) is 0 Å². The number of nitrogens with one attached hydrogen (secondary N) is 1. The monoisotopic (exact) mass is 570 g/mol. The number of Topliss-reactive ketones (excluding diaryl/α,β-unsaturated/α-hetero) is 2. The number of aromatic hydroxyl groups is 1. The quantitative estimate of drug-likeness (QED) is 0.248. The third-order valence-corrected chi connectivity index (χ3v) is 8.99. The van der Waals surface area contributed by atoms with Crippen LogP contribution in [-0.2, 0) is 27.3 Å². The lowest BCUT2D eigenvalue weighted by Crippen LogP contribution is -2.63. The van der Waals surface area contributed by atoms with Crippen molar-refractivity contribution in [1.29, 1.82) is 0 Å². The number of anilines is 1. The molecule has 5 rings (SSSR count). The first-order chi connectivity index (χ1) is 19.3. The number of benzene rings is 1. The van der Waals surface area contributed by atoms with E-state index in [0.29, 0.717) is 24.6 Å². The normalized spacial score (nSPS) is 29.5. The molecular weight excluding hydrogens is 532 g/mol. The maximum atomic E-state index is 14.0. The number of ether oxygens (including phenoxy) is 1. The summed E-state index contributed by atoms with van der Waals surface area (Å²) in [5.41, 5.74) is 3.92. The Morgan fingerprint density at radius 3 is 2.49 bits per heavy atom. The number of phenols is 1. The number of hydrogen-bond donors (Lipinski definition) is 6. The Morgan fingerprint density at radius 2 is 1.90 bits per heavy atom. The number of rotatable bonds is 7. The van der Waals surface area contributed by atoms with Crippen LogP contribution in [0.15, 0.2) is 28.7 Å². The Balaban J connectivity index is 1.60. The number of amides is 1. The highest BCUT2D eigenvalue weighted by molar-refractivity contribution is 6.24. The number of allylic oxidation sites excluding steroid dienone is 1. The van der Waals surface area contributed by atoms with E-state index in [1.807, 2.05) is 19.0 Å². The largest absolute Gasteiger partial charge is 0.510 e. The van der Waals surface area contributed by atoms with E-state index in [4.69, 9.17) is 10.5 Å². The summed E-state index contributed by atoms with van der Waals surface area (Å²) in [7, 11) is 6.91. The smallest absolute Gasteiger partial charge is 0.255 e. The summed E-state index contributed by atoms with van der Waals surface area (Å²) in [5.74, 6) is -6.20. The first-order valence-electron chi connectivity index (χ1n) is 13.8. The summed E-state index contributed by atoms with van der Waals surface area (Å²) in [6.45, 7) is 2.64. The van der Waals surface area contributed by atoms with Gasteiger partial charge in [-0.15, -0.1) is 0 Å². The maximum Gasteiger partial charge on any atom is 0.255 e. The first-order valence-corrected chi connectivity index (χ1v) is 13.8. The molecule has 4 aliphatic rings. The number of phenolic OH excluding ortho intramolecular Hbond substituents is 1. The van der Waals surface area contributed by atoms with Gasteiger partial charge in [-0.3, -0.25) is 19.3 Å². The molecule has 3 aliphatic carbocycles. The molecule has 0 saturated carbocycles. The van der Waals surface area contributed by atoms with Crippen LogP contribution in [0.2, 0.25) is 0 Å². The molecule has 0 bridgehead atoms. The zero-order valence-corrected chi connectivity index (χ0v) is 23.7. The molecule has 0 radical (unpaired) electrons. The van der Waals surface area contributed by atoms with Gasteiger partial charge in [0, 0.05) is 51.0 Å². The van der Waals surface area contributed by atoms with Crippen LogP contribution in [0.3, 0.4) is 0 Å². The Labute approximate surface area is 238 Å². The van der Waals surface area contributed by atoms with Gasteiger partial charge in [0.2, 0.25) is 5.78 Å². The molecule has 1 unspecified atom stereocenters. The minimum Gasteiger partial charge on any atom is -0.510 e. The highest BCUT2D eigenvalue weighted by Crippen LogP contribution is 2.53. The van der Waals surface area contributed by atoms with Crippen LogP contribution < -0.4 is 16.0 Å². The van der Waals surface area contributed by atoms with Crippen molar-refractivity contribution in [2.24, 2.45) is 23.5 Å². The van der Waals surface area contributed by atoms with E-state index in [9.17, 15) is 34.8 Å². The van der Waals surface area contributed by atoms with Crippen LogP contribution in [0, 0.1) is 17.8 Å². The molecule has 1 aromatic carbocycles. The van der Waals surface area contributed by atoms with E-state index in [1.165, 1.54) is 11.0 Å². The average molecular weight is 571 g/mol. The van der Waals surface area contributed by atoms with Gasteiger partial charge in [-0.1, -0.05) is 0 Å². The molecule has 1 aromatic rings. The number of likely N-dealkylation sites (N-methyl/N-ethyl adjacent to an activating group) is 1. The van der Waals surface area contributed by atoms with Crippen molar-refractivity contribution < 1.29 is 39.5 Å². The van der Waals surface area contributed by atoms with Crippen molar-refractivity contribution >= 4 is 23.2 Å². The van der Waals surface area contributed by atoms with E-state index in [0.717, 1.165) is 30.8 Å². The third-order valence-electron chi connectivity index (χ3n) is 8.99. The number of ketones is 2. The molecule has 12 heteroatoms. The van der Waals surface area contributed by atoms with Gasteiger partial charge >= 0.3 is 0 Å². The van der Waals surface area contributed by atoms with Crippen LogP contribution in [0.5, 0.6) is 5.75 Å². The zero-order chi connectivity index (χ0) is 30.0. The maximum absolute atomic E-state index is 14.0. The number of carbonyl (C=O) groups is 3. The number of hydrogen-bond acceptors (Lipinski definition) is 11. The predicted molar refractivity (Wildman–Crippen MR) is 149 cm³/mol. The molecule has 1 fully saturated rings. The summed E-state index contributed by atoms with van der Waals surface area (Å²) in [6.07, 6.45) is 1.26. The van der Waals surface area contributed by atoms with Gasteiger partial charge in [0.15, 0.2) is 11.4 Å². The Bertz CT molecular complexity index is 1380. The first kappa shape index (κ1) is 29.1. The summed E-state index contributed by atoms with van der Waals surface area (Å²) < 4.78 is 5.45. The van der Waals surface area contributed by atoms with Crippen LogP contribution in [-0.4, -0.2) is 102 Å². The number of aliphatic hydroxyl groups is 3. The van der Waals surface area contributed by atoms with Crippen molar-refractivity contribution in [2.75, 3.05) is 52.8 Å². The minimum atomic E-state index is -2.65. The SMILES string of the molecule is CN(C)c1c(CNCC2CCOC2)cc(O)c2c1C[C@H]1C[C@H]3[C@H](N(C)C)C(O)=C(C(N)=O)C(=O)[C@@]3(O)C(O)=C1C2=O. The van der Waals surface area contributed by atoms with Crippen molar-refractivity contribution in [2.45, 2.75) is 37.5 Å². The van der Waals surface area contributed by atoms with Crippen LogP contribution in [0.1, 0.15) is 34.3 Å². The zero-order valence-electron chi connectivity index (χ0n) is 23.7. The lowest BCUT2D eigenvalue weighted by molar-refractivity contribution is -0.148. The molecule has 1 saturated heterocycles. The van der Waals surface area contributed by atoms with Crippen molar-refractivity contribution in [3.05, 3.63) is 45.4 Å². The van der Waals surface area contributed by atoms with E-state index in [2.05, 4.69) is 5.32 Å². The number of nitrogens with zero attached hydrogens (tertiary/aromatic N) is 2. The molecule has 7 N–H and O–H groups in total. The molecule has 1 amide bonds. The van der Waals surface area contributed by atoms with Gasteiger partial charge in [-0.05, 0) is 62.4 Å². The molecule has 0 spiro atoms. The fourth-order valence-corrected chi connectivity index (χ4v) is 7.22. The van der Waals surface area contributed by atoms with Crippen molar-refractivity contribution in [3.63, 3.8) is 0 Å². The average Bonchev–Trinajstić information content (AvgIpc) is 3.39. The Hall–Kier alpha value is -3.45. The van der Waals surface area contributed by atoms with Crippen LogP contribution >= 0.6 is 0 Å². The standard InChI is InChI=1S/C29H38N4O8/c1-32(2)22-15(11-31-10-13-5-6-41-12-13)9-18(34)20-16(22)7-14-8-17-23(33(3)4)25(36)21(28(30)39)27(38)29(17,40)26(37)19(14)24(20)35/h9,13-14,17,23,31,34,36-37,40H,5-8,10-12H2,1-4H3,(H2,30,39)/t13?,14-,17-,23-,29-/m0/s1. The third kappa shape index (κ3) is 4.40. The lowest BCUT2D eigenvalue weighted by Gasteiger charge is -2.50. The number of fused-ring (bicyclic) bond motifs is 3. The lowest BCUT2D eigenvalue weighted by atomic mass is 9.58. The van der Waals surface area contributed by atoms with Gasteiger partial charge in [0.1, 0.15) is 22.8 Å². The van der Waals surface area contributed by atoms with Gasteiger partial charge in [0.25, 0.3) is 5.91 Å². The highest BCUT2D eigenvalue weighted by Gasteiger charge is 2.63. The van der Waals surface area contributed by atoms with Gasteiger partial charge in [-0.2, -0.15) is 0 Å². The fourth-order valence-electron chi connectivity index (χ4n) is 7.22. The van der Waals surface area contributed by atoms with Gasteiger partial charge in [-0.25, -0.2) is 0 Å². The summed E-state index contributed by atoms with van der Waals surface area (Å²) in [6, 6.07) is 0.500. The van der Waals surface area contributed by atoms with E-state index >= 15 is 0 Å². The van der Waals surface area contributed by atoms with Crippen molar-refractivity contribution in [1.82, 2.24) is 10.2 Å². The Morgan fingerprint density at radius 1 is 1.20 bits per heavy atom. The van der Waals surface area contributed by atoms with Gasteiger partial charge in [0.05, 0.1) is 18.2 Å². The van der Waals surface area contributed by atoms with E-state index in [-0.39, 0.29) is 29.7 Å². The second-order valence-electron chi connectivity index (χ2n) is 12.0. The number of carbonyl (C=O) groups excluding carboxylic acids is 3. The summed E-state index contributed by atoms with van der Waals surface area (Å²) in [5, 5.41) is 48.6. The van der Waals surface area contributed by atoms with Gasteiger partial charge < -0.3 is 41.1 Å². The predicted octanol–water partition coefficient (Wildman–Crippen LogP) is 0.313. The second-order valence-corrected chi connectivity index (χ2v) is 12.0. The number of nitrogens with two attached hydrogens (primary N) is 1.